The summed E-state index contributed by atoms with van der Waals surface area (Å²) in [6.45, 7) is 0. The number of hydrogen-bond acceptors (Lipinski definition) is 5. The van der Waals surface area contributed by atoms with Crippen LogP contribution in [0.5, 0.6) is 0 Å². The summed E-state index contributed by atoms with van der Waals surface area (Å²) in [5, 5.41) is 5.38. The van der Waals surface area contributed by atoms with Crippen LogP contribution < -0.4 is 5.73 Å². The topological polar surface area (TPSA) is 64.9 Å². The van der Waals surface area contributed by atoms with Crippen LogP contribution in [-0.4, -0.2) is 10.1 Å². The molecule has 1 saturated carbocycles. The van der Waals surface area contributed by atoms with Crippen LogP contribution in [0.25, 0.3) is 0 Å². The number of halogens is 3. The molecule has 2 aromatic rings. The summed E-state index contributed by atoms with van der Waals surface area (Å²) in [6.07, 6.45) is 4.12. The van der Waals surface area contributed by atoms with Crippen LogP contribution in [0.2, 0.25) is 10.0 Å². The van der Waals surface area contributed by atoms with E-state index in [4.69, 9.17) is 33.5 Å². The van der Waals surface area contributed by atoms with E-state index >= 15 is 0 Å². The molecule has 1 heterocycles. The molecular weight excluding hydrogens is 377 g/mol. The Labute approximate surface area is 155 Å². The summed E-state index contributed by atoms with van der Waals surface area (Å²) >= 11 is 13.7. The molecule has 1 aliphatic rings. The van der Waals surface area contributed by atoms with Crippen LogP contribution in [0.15, 0.2) is 22.7 Å². The Bertz CT molecular complexity index is 659. The van der Waals surface area contributed by atoms with Crippen molar-refractivity contribution in [1.82, 2.24) is 10.1 Å². The largest absolute Gasteiger partial charge is 0.338 e. The van der Waals surface area contributed by atoms with Crippen LogP contribution in [0.3, 0.4) is 0 Å². The molecule has 4 nitrogen and oxygen atoms in total. The van der Waals surface area contributed by atoms with Crippen LogP contribution >= 0.6 is 47.4 Å². The lowest BCUT2D eigenvalue weighted by Crippen LogP contribution is -2.34. The summed E-state index contributed by atoms with van der Waals surface area (Å²) in [7, 11) is 0. The molecule has 2 N–H and O–H groups in total. The van der Waals surface area contributed by atoms with Gasteiger partial charge in [0.2, 0.25) is 5.89 Å². The molecule has 8 heteroatoms. The van der Waals surface area contributed by atoms with E-state index in [1.54, 1.807) is 17.8 Å². The normalized spacial score (nSPS) is 16.3. The predicted octanol–water partition coefficient (Wildman–Crippen LogP) is 4.96. The van der Waals surface area contributed by atoms with E-state index in [2.05, 4.69) is 10.1 Å². The van der Waals surface area contributed by atoms with Crippen molar-refractivity contribution in [1.29, 1.82) is 0 Å². The van der Waals surface area contributed by atoms with Gasteiger partial charge >= 0.3 is 0 Å². The third kappa shape index (κ3) is 4.54. The van der Waals surface area contributed by atoms with Gasteiger partial charge in [0.15, 0.2) is 5.82 Å². The second-order valence-electron chi connectivity index (χ2n) is 5.60. The minimum Gasteiger partial charge on any atom is -0.338 e. The number of aromatic nitrogens is 2. The number of benzene rings is 1. The molecule has 0 bridgehead atoms. The van der Waals surface area contributed by atoms with Gasteiger partial charge in [-0.2, -0.15) is 4.98 Å². The molecule has 0 radical (unpaired) electrons. The fourth-order valence-corrected chi connectivity index (χ4v) is 4.05. The van der Waals surface area contributed by atoms with E-state index in [9.17, 15) is 0 Å². The Balaban J connectivity index is 0.00000192. The fraction of sp³-hybridized carbons (Fsp3) is 0.467. The van der Waals surface area contributed by atoms with E-state index in [1.807, 2.05) is 12.1 Å². The highest BCUT2D eigenvalue weighted by Gasteiger charge is 2.35. The third-order valence-corrected chi connectivity index (χ3v) is 5.46. The Morgan fingerprint density at radius 2 is 1.96 bits per heavy atom. The highest BCUT2D eigenvalue weighted by atomic mass is 35.5. The Kier molecular flexibility index (Phi) is 6.63. The van der Waals surface area contributed by atoms with Gasteiger partial charge in [-0.3, -0.25) is 0 Å². The standard InChI is InChI=1S/C15H17Cl2N3OS.ClH/c16-11-4-3-10(12(17)7-11)8-22-9-13-19-14(20-21-13)15(18)5-1-2-6-15;/h3-4,7H,1-2,5-6,8-9,18H2;1H. The van der Waals surface area contributed by atoms with Gasteiger partial charge in [-0.1, -0.05) is 47.3 Å². The first-order valence-electron chi connectivity index (χ1n) is 7.20. The highest BCUT2D eigenvalue weighted by molar-refractivity contribution is 7.97. The first-order valence-corrected chi connectivity index (χ1v) is 9.11. The zero-order valence-corrected chi connectivity index (χ0v) is 15.6. The van der Waals surface area contributed by atoms with Crippen molar-refractivity contribution in [2.45, 2.75) is 42.7 Å². The quantitative estimate of drug-likeness (QED) is 0.776. The second-order valence-corrected chi connectivity index (χ2v) is 7.43. The first-order chi connectivity index (χ1) is 10.6. The van der Waals surface area contributed by atoms with Crippen LogP contribution in [0.4, 0.5) is 0 Å². The van der Waals surface area contributed by atoms with E-state index in [0.717, 1.165) is 37.0 Å². The molecule has 0 spiro atoms. The maximum Gasteiger partial charge on any atom is 0.236 e. The van der Waals surface area contributed by atoms with Gasteiger partial charge in [-0.15, -0.1) is 24.2 Å². The molecule has 0 atom stereocenters. The molecule has 0 saturated heterocycles. The van der Waals surface area contributed by atoms with Crippen LogP contribution in [0.1, 0.15) is 43.0 Å². The molecule has 3 rings (SSSR count). The minimum absolute atomic E-state index is 0. The summed E-state index contributed by atoms with van der Waals surface area (Å²) in [4.78, 5) is 4.45. The maximum absolute atomic E-state index is 6.33. The highest BCUT2D eigenvalue weighted by Crippen LogP contribution is 2.35. The molecule has 0 aliphatic heterocycles. The number of nitrogens with two attached hydrogens (primary N) is 1. The van der Waals surface area contributed by atoms with Gasteiger partial charge in [0.25, 0.3) is 0 Å². The smallest absolute Gasteiger partial charge is 0.236 e. The number of rotatable bonds is 5. The number of nitrogens with zero attached hydrogens (tertiary/aromatic N) is 2. The monoisotopic (exact) mass is 393 g/mol. The van der Waals surface area contributed by atoms with Gasteiger partial charge in [-0.05, 0) is 30.5 Å². The summed E-state index contributed by atoms with van der Waals surface area (Å²) in [5.41, 5.74) is 6.97. The van der Waals surface area contributed by atoms with Crippen molar-refractivity contribution < 1.29 is 4.52 Å². The predicted molar refractivity (Wildman–Crippen MR) is 97.3 cm³/mol. The summed E-state index contributed by atoms with van der Waals surface area (Å²) in [5.74, 6) is 2.66. The summed E-state index contributed by atoms with van der Waals surface area (Å²) < 4.78 is 5.31. The van der Waals surface area contributed by atoms with Crippen molar-refractivity contribution in [3.05, 3.63) is 45.5 Å². The fourth-order valence-electron chi connectivity index (χ4n) is 2.63. The minimum atomic E-state index is -0.397. The molecular formula is C15H18Cl3N3OS. The number of hydrogen-bond donors (Lipinski definition) is 1. The lowest BCUT2D eigenvalue weighted by atomic mass is 9.99. The Morgan fingerprint density at radius 3 is 2.65 bits per heavy atom. The van der Waals surface area contributed by atoms with Crippen molar-refractivity contribution in [3.63, 3.8) is 0 Å². The lowest BCUT2D eigenvalue weighted by Gasteiger charge is -2.17. The van der Waals surface area contributed by atoms with Crippen LogP contribution in [0, 0.1) is 0 Å². The van der Waals surface area contributed by atoms with Gasteiger partial charge in [-0.25, -0.2) is 0 Å². The van der Waals surface area contributed by atoms with Crippen molar-refractivity contribution in [2.75, 3.05) is 0 Å². The molecule has 1 aliphatic carbocycles. The van der Waals surface area contributed by atoms with Crippen molar-refractivity contribution in [3.8, 4) is 0 Å². The van der Waals surface area contributed by atoms with E-state index in [0.29, 0.717) is 27.5 Å². The third-order valence-electron chi connectivity index (χ3n) is 3.91. The zero-order chi connectivity index (χ0) is 15.6. The van der Waals surface area contributed by atoms with E-state index in [-0.39, 0.29) is 12.4 Å². The maximum atomic E-state index is 6.33. The SMILES string of the molecule is Cl.NC1(c2noc(CSCc3ccc(Cl)cc3Cl)n2)CCCC1. The first kappa shape index (κ1) is 18.9. The molecule has 1 aromatic carbocycles. The van der Waals surface area contributed by atoms with Crippen molar-refractivity contribution in [2.24, 2.45) is 5.73 Å². The van der Waals surface area contributed by atoms with E-state index < -0.39 is 5.54 Å². The number of thioether (sulfide) groups is 1. The van der Waals surface area contributed by atoms with Crippen molar-refractivity contribution >= 4 is 47.4 Å². The lowest BCUT2D eigenvalue weighted by molar-refractivity contribution is 0.355. The van der Waals surface area contributed by atoms with Crippen LogP contribution in [-0.2, 0) is 17.0 Å². The molecule has 1 aromatic heterocycles. The molecule has 1 fully saturated rings. The Hall–Kier alpha value is -0.460. The average molecular weight is 395 g/mol. The Morgan fingerprint density at radius 1 is 1.22 bits per heavy atom. The van der Waals surface area contributed by atoms with Gasteiger partial charge in [0, 0.05) is 15.8 Å². The molecule has 0 unspecified atom stereocenters. The second kappa shape index (κ2) is 8.08. The average Bonchev–Trinajstić information content (AvgIpc) is 3.11. The summed E-state index contributed by atoms with van der Waals surface area (Å²) in [6, 6.07) is 5.53. The van der Waals surface area contributed by atoms with Gasteiger partial charge in [0.05, 0.1) is 11.3 Å². The molecule has 23 heavy (non-hydrogen) atoms. The molecule has 126 valence electrons. The van der Waals surface area contributed by atoms with Gasteiger partial charge < -0.3 is 10.3 Å². The molecule has 0 amide bonds. The van der Waals surface area contributed by atoms with Gasteiger partial charge in [0.1, 0.15) is 0 Å². The zero-order valence-electron chi connectivity index (χ0n) is 12.4. The van der Waals surface area contributed by atoms with E-state index in [1.165, 1.54) is 0 Å².